The van der Waals surface area contributed by atoms with E-state index in [2.05, 4.69) is 15.0 Å². The van der Waals surface area contributed by atoms with E-state index in [4.69, 9.17) is 16.3 Å². The largest absolute Gasteiger partial charge is 0.445 e. The molecule has 1 amide bonds. The maximum Gasteiger partial charge on any atom is 0.410 e. The third-order valence-electron chi connectivity index (χ3n) is 5.20. The van der Waals surface area contributed by atoms with Gasteiger partial charge in [0.05, 0.1) is 5.39 Å². The number of piperidine rings is 1. The van der Waals surface area contributed by atoms with Crippen LogP contribution in [0.2, 0.25) is 5.15 Å². The molecule has 0 spiro atoms. The van der Waals surface area contributed by atoms with E-state index in [0.29, 0.717) is 53.5 Å². The van der Waals surface area contributed by atoms with Gasteiger partial charge in [-0.05, 0) is 37.3 Å². The summed E-state index contributed by atoms with van der Waals surface area (Å²) in [6.07, 6.45) is 1.03. The quantitative estimate of drug-likeness (QED) is 0.661. The first-order valence-corrected chi connectivity index (χ1v) is 9.92. The number of fused-ring (bicyclic) bond motifs is 1. The predicted octanol–water partition coefficient (Wildman–Crippen LogP) is 3.80. The highest BCUT2D eigenvalue weighted by atomic mass is 35.5. The van der Waals surface area contributed by atoms with Crippen LogP contribution in [0.4, 0.5) is 4.79 Å². The van der Waals surface area contributed by atoms with Crippen LogP contribution in [0.5, 0.6) is 0 Å². The molecule has 4 rings (SSSR count). The van der Waals surface area contributed by atoms with E-state index in [-0.39, 0.29) is 24.2 Å². The number of amides is 1. The summed E-state index contributed by atoms with van der Waals surface area (Å²) >= 11 is 6.23. The van der Waals surface area contributed by atoms with Gasteiger partial charge in [-0.1, -0.05) is 41.9 Å². The number of aromatic nitrogens is 3. The van der Waals surface area contributed by atoms with E-state index < -0.39 is 0 Å². The second-order valence-corrected chi connectivity index (χ2v) is 7.54. The summed E-state index contributed by atoms with van der Waals surface area (Å²) in [5.74, 6) is 0.548. The summed E-state index contributed by atoms with van der Waals surface area (Å²) < 4.78 is 5.40. The van der Waals surface area contributed by atoms with Gasteiger partial charge in [-0.3, -0.25) is 4.79 Å². The highest BCUT2D eigenvalue weighted by molar-refractivity contribution is 6.33. The minimum absolute atomic E-state index is 0.0405. The summed E-state index contributed by atoms with van der Waals surface area (Å²) in [6, 6.07) is 11.4. The number of hydrogen-bond acceptors (Lipinski definition) is 5. The molecule has 3 heterocycles. The molecule has 1 fully saturated rings. The third-order valence-corrected chi connectivity index (χ3v) is 5.49. The Balaban J connectivity index is 1.42. The Morgan fingerprint density at radius 2 is 1.97 bits per heavy atom. The van der Waals surface area contributed by atoms with E-state index in [1.54, 1.807) is 17.9 Å². The molecule has 0 bridgehead atoms. The van der Waals surface area contributed by atoms with Gasteiger partial charge in [-0.25, -0.2) is 14.8 Å². The number of ether oxygens (including phenoxy) is 1. The van der Waals surface area contributed by atoms with Crippen LogP contribution >= 0.6 is 11.6 Å². The number of aryl methyl sites for hydroxylation is 1. The number of halogens is 1. The maximum atomic E-state index is 12.6. The van der Waals surface area contributed by atoms with Crippen molar-refractivity contribution >= 4 is 28.7 Å². The lowest BCUT2D eigenvalue weighted by Crippen LogP contribution is -2.39. The van der Waals surface area contributed by atoms with Crippen LogP contribution < -0.4 is 5.56 Å². The van der Waals surface area contributed by atoms with Crippen molar-refractivity contribution in [2.24, 2.45) is 0 Å². The molecule has 150 valence electrons. The maximum absolute atomic E-state index is 12.6. The summed E-state index contributed by atoms with van der Waals surface area (Å²) in [5, 5.41) is 0.962. The SMILES string of the molecule is Cc1nc(Cl)c2cc(C3CCN(C(=O)OCc4ccccc4)CC3)c(=O)[nH]c2n1. The number of hydrogen-bond donors (Lipinski definition) is 1. The lowest BCUT2D eigenvalue weighted by atomic mass is 9.90. The Morgan fingerprint density at radius 3 is 2.69 bits per heavy atom. The number of benzene rings is 1. The zero-order valence-electron chi connectivity index (χ0n) is 16.0. The number of carbonyl (C=O) groups is 1. The van der Waals surface area contributed by atoms with Crippen LogP contribution in [-0.2, 0) is 11.3 Å². The minimum atomic E-state index is -0.327. The number of H-pyrrole nitrogens is 1. The zero-order chi connectivity index (χ0) is 20.4. The molecular formula is C21H21ClN4O3. The molecular weight excluding hydrogens is 392 g/mol. The first-order valence-electron chi connectivity index (χ1n) is 9.54. The normalized spacial score (nSPS) is 14.9. The van der Waals surface area contributed by atoms with Crippen LogP contribution in [0.3, 0.4) is 0 Å². The molecule has 1 saturated heterocycles. The first-order chi connectivity index (χ1) is 14.0. The van der Waals surface area contributed by atoms with Crippen LogP contribution in [0.1, 0.15) is 35.7 Å². The molecule has 0 radical (unpaired) electrons. The van der Waals surface area contributed by atoms with E-state index in [9.17, 15) is 9.59 Å². The van der Waals surface area contributed by atoms with Gasteiger partial charge in [0.15, 0.2) is 0 Å². The number of nitrogens with one attached hydrogen (secondary N) is 1. The van der Waals surface area contributed by atoms with Gasteiger partial charge in [-0.2, -0.15) is 0 Å². The van der Waals surface area contributed by atoms with Gasteiger partial charge in [0.2, 0.25) is 0 Å². The van der Waals surface area contributed by atoms with Crippen LogP contribution in [0.15, 0.2) is 41.2 Å². The van der Waals surface area contributed by atoms with Crippen LogP contribution in [0.25, 0.3) is 11.0 Å². The smallest absolute Gasteiger partial charge is 0.410 e. The predicted molar refractivity (Wildman–Crippen MR) is 110 cm³/mol. The monoisotopic (exact) mass is 412 g/mol. The van der Waals surface area contributed by atoms with Gasteiger partial charge < -0.3 is 14.6 Å². The van der Waals surface area contributed by atoms with Gasteiger partial charge in [0.25, 0.3) is 5.56 Å². The number of rotatable bonds is 3. The Morgan fingerprint density at radius 1 is 1.24 bits per heavy atom. The fourth-order valence-electron chi connectivity index (χ4n) is 3.66. The van der Waals surface area contributed by atoms with Crippen LogP contribution in [0, 0.1) is 6.92 Å². The number of pyridine rings is 1. The standard InChI is InChI=1S/C21H21ClN4O3/c1-13-23-18(22)17-11-16(20(27)25-19(17)24-13)15-7-9-26(10-8-15)21(28)29-12-14-5-3-2-4-6-14/h2-6,11,15H,7-10,12H2,1H3,(H,23,24,25,27). The van der Waals surface area contributed by atoms with Crippen molar-refractivity contribution in [2.75, 3.05) is 13.1 Å². The van der Waals surface area contributed by atoms with E-state index >= 15 is 0 Å². The fourth-order valence-corrected chi connectivity index (χ4v) is 3.92. The Bertz CT molecular complexity index is 1090. The number of aromatic amines is 1. The Labute approximate surface area is 172 Å². The van der Waals surface area contributed by atoms with Crippen molar-refractivity contribution in [1.29, 1.82) is 0 Å². The van der Waals surface area contributed by atoms with Crippen molar-refractivity contribution < 1.29 is 9.53 Å². The molecule has 0 aliphatic carbocycles. The Kier molecular flexibility index (Phi) is 5.49. The van der Waals surface area contributed by atoms with Crippen LogP contribution in [-0.4, -0.2) is 39.0 Å². The van der Waals surface area contributed by atoms with Crippen molar-refractivity contribution in [1.82, 2.24) is 19.9 Å². The molecule has 29 heavy (non-hydrogen) atoms. The highest BCUT2D eigenvalue weighted by Gasteiger charge is 2.27. The molecule has 1 N–H and O–H groups in total. The number of carbonyl (C=O) groups excluding carboxylic acids is 1. The average molecular weight is 413 g/mol. The van der Waals surface area contributed by atoms with Gasteiger partial charge in [-0.15, -0.1) is 0 Å². The van der Waals surface area contributed by atoms with Crippen molar-refractivity contribution in [3.8, 4) is 0 Å². The van der Waals surface area contributed by atoms with E-state index in [1.807, 2.05) is 30.3 Å². The fraction of sp³-hybridized carbons (Fsp3) is 0.333. The number of likely N-dealkylation sites (tertiary alicyclic amines) is 1. The zero-order valence-corrected chi connectivity index (χ0v) is 16.8. The van der Waals surface area contributed by atoms with Gasteiger partial charge in [0.1, 0.15) is 23.2 Å². The van der Waals surface area contributed by atoms with Gasteiger partial charge in [0, 0.05) is 18.7 Å². The van der Waals surface area contributed by atoms with E-state index in [1.165, 1.54) is 0 Å². The van der Waals surface area contributed by atoms with Gasteiger partial charge >= 0.3 is 6.09 Å². The summed E-state index contributed by atoms with van der Waals surface area (Å²) in [7, 11) is 0. The van der Waals surface area contributed by atoms with Crippen molar-refractivity contribution in [2.45, 2.75) is 32.3 Å². The molecule has 0 atom stereocenters. The molecule has 0 saturated carbocycles. The van der Waals surface area contributed by atoms with Crippen molar-refractivity contribution in [3.63, 3.8) is 0 Å². The second-order valence-electron chi connectivity index (χ2n) is 7.18. The molecule has 2 aromatic heterocycles. The third kappa shape index (κ3) is 4.24. The highest BCUT2D eigenvalue weighted by Crippen LogP contribution is 2.29. The molecule has 0 unspecified atom stereocenters. The summed E-state index contributed by atoms with van der Waals surface area (Å²) in [5.41, 5.74) is 1.88. The molecule has 8 heteroatoms. The average Bonchev–Trinajstić information content (AvgIpc) is 2.72. The Hall–Kier alpha value is -2.93. The lowest BCUT2D eigenvalue weighted by Gasteiger charge is -2.31. The molecule has 1 aliphatic heterocycles. The molecule has 7 nitrogen and oxygen atoms in total. The lowest BCUT2D eigenvalue weighted by molar-refractivity contribution is 0.0870. The van der Waals surface area contributed by atoms with E-state index in [0.717, 1.165) is 5.56 Å². The first kappa shape index (κ1) is 19.4. The topological polar surface area (TPSA) is 88.2 Å². The minimum Gasteiger partial charge on any atom is -0.445 e. The summed E-state index contributed by atoms with van der Waals surface area (Å²) in [4.78, 5) is 37.8. The number of nitrogens with zero attached hydrogens (tertiary/aromatic N) is 3. The van der Waals surface area contributed by atoms with Crippen molar-refractivity contribution in [3.05, 3.63) is 68.9 Å². The summed E-state index contributed by atoms with van der Waals surface area (Å²) in [6.45, 7) is 3.05. The second kappa shape index (κ2) is 8.21. The molecule has 1 aromatic carbocycles. The molecule has 3 aromatic rings. The molecule has 1 aliphatic rings.